The maximum Gasteiger partial charge on any atom is 0.191 e. The summed E-state index contributed by atoms with van der Waals surface area (Å²) in [5, 5.41) is 7.11. The molecule has 24 heavy (non-hydrogen) atoms. The lowest BCUT2D eigenvalue weighted by Gasteiger charge is -2.42. The Bertz CT molecular complexity index is 404. The summed E-state index contributed by atoms with van der Waals surface area (Å²) in [5.41, 5.74) is 0.639. The van der Waals surface area contributed by atoms with E-state index in [-0.39, 0.29) is 5.54 Å². The monoisotopic (exact) mass is 338 g/mol. The number of rotatable bonds is 5. The van der Waals surface area contributed by atoms with Gasteiger partial charge in [-0.15, -0.1) is 0 Å². The van der Waals surface area contributed by atoms with E-state index in [0.29, 0.717) is 11.5 Å². The van der Waals surface area contributed by atoms with Crippen molar-refractivity contribution in [3.63, 3.8) is 0 Å². The molecule has 0 unspecified atom stereocenters. The van der Waals surface area contributed by atoms with Crippen LogP contribution in [0.1, 0.15) is 59.3 Å². The Kier molecular flexibility index (Phi) is 6.93. The molecule has 1 saturated heterocycles. The van der Waals surface area contributed by atoms with Crippen LogP contribution in [-0.4, -0.2) is 62.8 Å². The second-order valence-electron chi connectivity index (χ2n) is 8.51. The smallest absolute Gasteiger partial charge is 0.191 e. The van der Waals surface area contributed by atoms with E-state index < -0.39 is 0 Å². The Morgan fingerprint density at radius 2 is 1.75 bits per heavy atom. The van der Waals surface area contributed by atoms with Crippen LogP contribution in [0.3, 0.4) is 0 Å². The Labute approximate surface area is 148 Å². The number of likely N-dealkylation sites (N-methyl/N-ethyl adjacent to an activating group) is 1. The normalized spacial score (nSPS) is 24.8. The van der Waals surface area contributed by atoms with Gasteiger partial charge in [0.2, 0.25) is 0 Å². The van der Waals surface area contributed by atoms with Gasteiger partial charge in [0.05, 0.1) is 6.54 Å². The summed E-state index contributed by atoms with van der Waals surface area (Å²) in [6.45, 7) is 10.3. The van der Waals surface area contributed by atoms with Gasteiger partial charge in [0, 0.05) is 31.3 Å². The number of hydrogen-bond acceptors (Lipinski definition) is 3. The highest BCUT2D eigenvalue weighted by Crippen LogP contribution is 2.35. The average molecular weight is 339 g/mol. The minimum Gasteiger partial charge on any atom is -0.381 e. The number of nitrogens with zero attached hydrogens (tertiary/aromatic N) is 2. The highest BCUT2D eigenvalue weighted by atomic mass is 16.5. The molecule has 2 rings (SSSR count). The summed E-state index contributed by atoms with van der Waals surface area (Å²) in [5.74, 6) is 0.981. The van der Waals surface area contributed by atoms with Crippen molar-refractivity contribution in [1.82, 2.24) is 15.5 Å². The topological polar surface area (TPSA) is 48.9 Å². The van der Waals surface area contributed by atoms with E-state index in [0.717, 1.165) is 45.1 Å². The van der Waals surface area contributed by atoms with Crippen molar-refractivity contribution in [3.8, 4) is 0 Å². The van der Waals surface area contributed by atoms with Crippen molar-refractivity contribution in [2.24, 2.45) is 10.4 Å². The van der Waals surface area contributed by atoms with Gasteiger partial charge < -0.3 is 20.3 Å². The van der Waals surface area contributed by atoms with E-state index >= 15 is 0 Å². The number of aliphatic imine (C=N–C) groups is 1. The zero-order valence-electron chi connectivity index (χ0n) is 16.5. The lowest BCUT2D eigenvalue weighted by molar-refractivity contribution is -0.00256. The SMILES string of the molecule is CCNC(=NCC1(N(C)C)CCOCC1)NC1CCC(C)(C)CC1. The standard InChI is InChI=1S/C19H38N4O/c1-6-20-17(22-16-7-9-18(2,3)10-8-16)21-15-19(23(4)5)11-13-24-14-12-19/h16H,6-15H2,1-5H3,(H2,20,21,22). The fraction of sp³-hybridized carbons (Fsp3) is 0.947. The molecule has 0 aromatic carbocycles. The van der Waals surface area contributed by atoms with Gasteiger partial charge in [-0.25, -0.2) is 0 Å². The Morgan fingerprint density at radius 1 is 1.12 bits per heavy atom. The summed E-state index contributed by atoms with van der Waals surface area (Å²) >= 11 is 0. The molecule has 2 fully saturated rings. The summed E-state index contributed by atoms with van der Waals surface area (Å²) in [6, 6.07) is 0.556. The molecule has 140 valence electrons. The van der Waals surface area contributed by atoms with Crippen LogP contribution in [0.15, 0.2) is 4.99 Å². The maximum absolute atomic E-state index is 5.56. The van der Waals surface area contributed by atoms with Gasteiger partial charge in [-0.3, -0.25) is 4.99 Å². The third-order valence-corrected chi connectivity index (χ3v) is 5.93. The van der Waals surface area contributed by atoms with Gasteiger partial charge in [-0.1, -0.05) is 13.8 Å². The lowest BCUT2D eigenvalue weighted by Crippen LogP contribution is -2.52. The molecule has 0 amide bonds. The molecule has 0 aromatic rings. The molecule has 1 aliphatic heterocycles. The van der Waals surface area contributed by atoms with E-state index in [2.05, 4.69) is 50.4 Å². The maximum atomic E-state index is 5.56. The van der Waals surface area contributed by atoms with Crippen LogP contribution in [-0.2, 0) is 4.74 Å². The van der Waals surface area contributed by atoms with Crippen molar-refractivity contribution < 1.29 is 4.74 Å². The van der Waals surface area contributed by atoms with E-state index in [9.17, 15) is 0 Å². The zero-order chi connectivity index (χ0) is 17.6. The Hall–Kier alpha value is -0.810. The second kappa shape index (κ2) is 8.52. The Balaban J connectivity index is 1.97. The minimum absolute atomic E-state index is 0.134. The van der Waals surface area contributed by atoms with Crippen molar-refractivity contribution in [3.05, 3.63) is 0 Å². The van der Waals surface area contributed by atoms with Crippen molar-refractivity contribution >= 4 is 5.96 Å². The third-order valence-electron chi connectivity index (χ3n) is 5.93. The van der Waals surface area contributed by atoms with Crippen molar-refractivity contribution in [1.29, 1.82) is 0 Å². The molecule has 1 saturated carbocycles. The van der Waals surface area contributed by atoms with Gasteiger partial charge >= 0.3 is 0 Å². The lowest BCUT2D eigenvalue weighted by atomic mass is 9.75. The van der Waals surface area contributed by atoms with E-state index in [1.54, 1.807) is 0 Å². The van der Waals surface area contributed by atoms with Crippen LogP contribution in [0, 0.1) is 5.41 Å². The number of hydrogen-bond donors (Lipinski definition) is 2. The van der Waals surface area contributed by atoms with Crippen molar-refractivity contribution in [2.45, 2.75) is 70.9 Å². The average Bonchev–Trinajstić information content (AvgIpc) is 2.55. The zero-order valence-corrected chi connectivity index (χ0v) is 16.5. The van der Waals surface area contributed by atoms with E-state index in [1.165, 1.54) is 25.7 Å². The van der Waals surface area contributed by atoms with Gasteiger partial charge in [0.1, 0.15) is 0 Å². The Morgan fingerprint density at radius 3 is 2.29 bits per heavy atom. The highest BCUT2D eigenvalue weighted by Gasteiger charge is 2.35. The molecule has 0 atom stereocenters. The molecule has 0 aromatic heterocycles. The van der Waals surface area contributed by atoms with Crippen LogP contribution in [0.4, 0.5) is 0 Å². The molecule has 2 aliphatic rings. The van der Waals surface area contributed by atoms with Crippen LogP contribution >= 0.6 is 0 Å². The highest BCUT2D eigenvalue weighted by molar-refractivity contribution is 5.80. The van der Waals surface area contributed by atoms with Crippen LogP contribution in [0.25, 0.3) is 0 Å². The first kappa shape index (κ1) is 19.5. The summed E-state index contributed by atoms with van der Waals surface area (Å²) in [7, 11) is 4.34. The predicted molar refractivity (Wildman–Crippen MR) is 102 cm³/mol. The quantitative estimate of drug-likeness (QED) is 0.598. The summed E-state index contributed by atoms with van der Waals surface area (Å²) in [6.07, 6.45) is 7.18. The molecule has 0 spiro atoms. The summed E-state index contributed by atoms with van der Waals surface area (Å²) < 4.78 is 5.56. The minimum atomic E-state index is 0.134. The molecule has 0 bridgehead atoms. The van der Waals surface area contributed by atoms with E-state index in [1.807, 2.05) is 0 Å². The molecule has 2 N–H and O–H groups in total. The van der Waals surface area contributed by atoms with Gasteiger partial charge in [-0.2, -0.15) is 0 Å². The fourth-order valence-electron chi connectivity index (χ4n) is 3.78. The third kappa shape index (κ3) is 5.35. The van der Waals surface area contributed by atoms with E-state index in [4.69, 9.17) is 9.73 Å². The van der Waals surface area contributed by atoms with Crippen LogP contribution < -0.4 is 10.6 Å². The molecule has 0 radical (unpaired) electrons. The largest absolute Gasteiger partial charge is 0.381 e. The van der Waals surface area contributed by atoms with Gasteiger partial charge in [0.15, 0.2) is 5.96 Å². The van der Waals surface area contributed by atoms with Gasteiger partial charge in [0.25, 0.3) is 0 Å². The molecule has 1 heterocycles. The first-order valence-corrected chi connectivity index (χ1v) is 9.67. The molecule has 5 nitrogen and oxygen atoms in total. The predicted octanol–water partition coefficient (Wildman–Crippen LogP) is 2.62. The molecular formula is C19H38N4O. The fourth-order valence-corrected chi connectivity index (χ4v) is 3.78. The van der Waals surface area contributed by atoms with Gasteiger partial charge in [-0.05, 0) is 65.0 Å². The first-order valence-electron chi connectivity index (χ1n) is 9.67. The number of nitrogens with one attached hydrogen (secondary N) is 2. The number of ether oxygens (including phenoxy) is 1. The second-order valence-corrected chi connectivity index (χ2v) is 8.51. The van der Waals surface area contributed by atoms with Crippen LogP contribution in [0.2, 0.25) is 0 Å². The summed E-state index contributed by atoms with van der Waals surface area (Å²) in [4.78, 5) is 7.30. The van der Waals surface area contributed by atoms with Crippen molar-refractivity contribution in [2.75, 3.05) is 40.4 Å². The molecule has 5 heteroatoms. The molecule has 1 aliphatic carbocycles. The number of guanidine groups is 1. The first-order chi connectivity index (χ1) is 11.4. The molecular weight excluding hydrogens is 300 g/mol. The van der Waals surface area contributed by atoms with Crippen LogP contribution in [0.5, 0.6) is 0 Å².